The molecule has 0 aliphatic carbocycles. The minimum absolute atomic E-state index is 0.0968. The summed E-state index contributed by atoms with van der Waals surface area (Å²) in [6, 6.07) is 17.4. The molecule has 9 heteroatoms. The van der Waals surface area contributed by atoms with Gasteiger partial charge in [0.05, 0.1) is 9.79 Å². The Morgan fingerprint density at radius 1 is 0.788 bits per heavy atom. The second-order valence-corrected chi connectivity index (χ2v) is 12.3. The van der Waals surface area contributed by atoms with Crippen LogP contribution in [-0.2, 0) is 26.6 Å². The summed E-state index contributed by atoms with van der Waals surface area (Å²) in [5, 5.41) is 0. The molecule has 1 unspecified atom stereocenters. The Balaban J connectivity index is 1.62. The van der Waals surface area contributed by atoms with Crippen molar-refractivity contribution in [3.8, 4) is 0 Å². The molecule has 4 rings (SSSR count). The molecule has 0 saturated carbocycles. The van der Waals surface area contributed by atoms with Gasteiger partial charge in [-0.15, -0.1) is 0 Å². The number of benzene rings is 2. The Labute approximate surface area is 196 Å². The van der Waals surface area contributed by atoms with Crippen LogP contribution in [0, 0.1) is 20.8 Å². The topological polar surface area (TPSA) is 88.5 Å². The standard InChI is InChI=1S/C24H29N3O4S2/c1-18-4-9-22(10-5-18)32(28,29)25-16-21-17-26(14-15-27-20(3)8-13-24(21)27)33(30,31)23-11-6-19(2)7-12-23/h4-13,21,25H,14-17H2,1-3H3. The maximum absolute atomic E-state index is 13.4. The highest BCUT2D eigenvalue weighted by atomic mass is 32.2. The van der Waals surface area contributed by atoms with Crippen LogP contribution < -0.4 is 4.72 Å². The van der Waals surface area contributed by atoms with Gasteiger partial charge in [-0.25, -0.2) is 21.6 Å². The van der Waals surface area contributed by atoms with E-state index in [1.54, 1.807) is 48.5 Å². The molecule has 1 aliphatic heterocycles. The predicted molar refractivity (Wildman–Crippen MR) is 128 cm³/mol. The highest BCUT2D eigenvalue weighted by Crippen LogP contribution is 2.27. The molecule has 0 radical (unpaired) electrons. The van der Waals surface area contributed by atoms with E-state index in [9.17, 15) is 16.8 Å². The number of rotatable bonds is 6. The van der Waals surface area contributed by atoms with E-state index in [2.05, 4.69) is 9.29 Å². The third kappa shape index (κ3) is 4.91. The van der Waals surface area contributed by atoms with E-state index in [1.807, 2.05) is 32.9 Å². The van der Waals surface area contributed by atoms with E-state index in [-0.39, 0.29) is 28.8 Å². The molecular formula is C24H29N3O4S2. The number of aromatic nitrogens is 1. The van der Waals surface area contributed by atoms with Gasteiger partial charge in [-0.2, -0.15) is 4.31 Å². The quantitative estimate of drug-likeness (QED) is 0.578. The molecule has 2 aromatic carbocycles. The summed E-state index contributed by atoms with van der Waals surface area (Å²) in [4.78, 5) is 0.438. The molecule has 1 aliphatic rings. The smallest absolute Gasteiger partial charge is 0.243 e. The van der Waals surface area contributed by atoms with Gasteiger partial charge in [-0.3, -0.25) is 0 Å². The normalized spacial score (nSPS) is 17.5. The zero-order chi connectivity index (χ0) is 23.8. The number of aryl methyl sites for hydroxylation is 3. The van der Waals surface area contributed by atoms with Gasteiger partial charge in [-0.1, -0.05) is 35.4 Å². The Bertz CT molecular complexity index is 1340. The van der Waals surface area contributed by atoms with Gasteiger partial charge < -0.3 is 4.57 Å². The van der Waals surface area contributed by atoms with Crippen molar-refractivity contribution in [3.63, 3.8) is 0 Å². The van der Waals surface area contributed by atoms with Gasteiger partial charge >= 0.3 is 0 Å². The summed E-state index contributed by atoms with van der Waals surface area (Å²) >= 11 is 0. The maximum Gasteiger partial charge on any atom is 0.243 e. The summed E-state index contributed by atoms with van der Waals surface area (Å²) in [5.74, 6) is -0.332. The molecule has 1 aromatic heterocycles. The van der Waals surface area contributed by atoms with E-state index < -0.39 is 20.0 Å². The zero-order valence-electron chi connectivity index (χ0n) is 19.0. The van der Waals surface area contributed by atoms with E-state index in [0.717, 1.165) is 22.5 Å². The van der Waals surface area contributed by atoms with Crippen LogP contribution in [0.3, 0.4) is 0 Å². The minimum atomic E-state index is -3.72. The van der Waals surface area contributed by atoms with Crippen molar-refractivity contribution in [1.82, 2.24) is 13.6 Å². The summed E-state index contributed by atoms with van der Waals surface area (Å²) in [7, 11) is -7.43. The number of hydrogen-bond donors (Lipinski definition) is 1. The first-order valence-corrected chi connectivity index (χ1v) is 13.8. The molecule has 33 heavy (non-hydrogen) atoms. The van der Waals surface area contributed by atoms with Gasteiger partial charge in [0, 0.05) is 43.5 Å². The van der Waals surface area contributed by atoms with E-state index in [1.165, 1.54) is 4.31 Å². The predicted octanol–water partition coefficient (Wildman–Crippen LogP) is 3.18. The summed E-state index contributed by atoms with van der Waals surface area (Å²) < 4.78 is 58.8. The molecule has 1 atom stereocenters. The van der Waals surface area contributed by atoms with E-state index in [4.69, 9.17) is 0 Å². The highest BCUT2D eigenvalue weighted by Gasteiger charge is 2.32. The van der Waals surface area contributed by atoms with Crippen LogP contribution in [0.1, 0.15) is 28.4 Å². The van der Waals surface area contributed by atoms with E-state index >= 15 is 0 Å². The third-order valence-corrected chi connectivity index (χ3v) is 9.48. The number of sulfonamides is 2. The van der Waals surface area contributed by atoms with Crippen LogP contribution in [0.4, 0.5) is 0 Å². The van der Waals surface area contributed by atoms with Crippen molar-refractivity contribution < 1.29 is 16.8 Å². The monoisotopic (exact) mass is 487 g/mol. The van der Waals surface area contributed by atoms with Gasteiger partial charge in [-0.05, 0) is 57.2 Å². The van der Waals surface area contributed by atoms with Crippen molar-refractivity contribution in [3.05, 3.63) is 83.2 Å². The summed E-state index contributed by atoms with van der Waals surface area (Å²) in [5.41, 5.74) is 3.91. The number of nitrogens with zero attached hydrogens (tertiary/aromatic N) is 2. The molecule has 1 N–H and O–H groups in total. The second-order valence-electron chi connectivity index (χ2n) is 8.59. The van der Waals surface area contributed by atoms with Crippen molar-refractivity contribution >= 4 is 20.0 Å². The molecule has 3 aromatic rings. The Morgan fingerprint density at radius 2 is 1.36 bits per heavy atom. The highest BCUT2D eigenvalue weighted by molar-refractivity contribution is 7.89. The Morgan fingerprint density at radius 3 is 1.97 bits per heavy atom. The maximum atomic E-state index is 13.4. The van der Waals surface area contributed by atoms with Crippen LogP contribution in [0.15, 0.2) is 70.5 Å². The first-order valence-electron chi connectivity index (χ1n) is 10.9. The van der Waals surface area contributed by atoms with Gasteiger partial charge in [0.1, 0.15) is 0 Å². The molecule has 7 nitrogen and oxygen atoms in total. The SMILES string of the molecule is Cc1ccc(S(=O)(=O)NCC2CN(S(=O)(=O)c3ccc(C)cc3)CCn3c(C)ccc32)cc1. The van der Waals surface area contributed by atoms with Crippen molar-refractivity contribution in [2.45, 2.75) is 43.0 Å². The molecular weight excluding hydrogens is 458 g/mol. The molecule has 0 saturated heterocycles. The molecule has 2 heterocycles. The average molecular weight is 488 g/mol. The summed E-state index contributed by atoms with van der Waals surface area (Å²) in [6.07, 6.45) is 0. The van der Waals surface area contributed by atoms with Gasteiger partial charge in [0.25, 0.3) is 0 Å². The van der Waals surface area contributed by atoms with Crippen molar-refractivity contribution in [2.75, 3.05) is 19.6 Å². The molecule has 0 bridgehead atoms. The largest absolute Gasteiger partial charge is 0.347 e. The van der Waals surface area contributed by atoms with Crippen LogP contribution in [0.2, 0.25) is 0 Å². The lowest BCUT2D eigenvalue weighted by Gasteiger charge is -2.24. The zero-order valence-corrected chi connectivity index (χ0v) is 20.7. The molecule has 176 valence electrons. The second kappa shape index (κ2) is 9.06. The lowest BCUT2D eigenvalue weighted by atomic mass is 10.1. The number of nitrogens with one attached hydrogen (secondary N) is 1. The lowest BCUT2D eigenvalue weighted by Crippen LogP contribution is -2.38. The fourth-order valence-electron chi connectivity index (χ4n) is 4.15. The number of fused-ring (bicyclic) bond motifs is 1. The number of hydrogen-bond acceptors (Lipinski definition) is 4. The van der Waals surface area contributed by atoms with Crippen molar-refractivity contribution in [1.29, 1.82) is 0 Å². The Kier molecular flexibility index (Phi) is 6.50. The molecule has 0 amide bonds. The molecule has 0 spiro atoms. The van der Waals surface area contributed by atoms with Gasteiger partial charge in [0.15, 0.2) is 0 Å². The Hall–Kier alpha value is -2.46. The fraction of sp³-hybridized carbons (Fsp3) is 0.333. The minimum Gasteiger partial charge on any atom is -0.347 e. The summed E-state index contributed by atoms with van der Waals surface area (Å²) in [6.45, 7) is 6.90. The van der Waals surface area contributed by atoms with Crippen LogP contribution in [0.25, 0.3) is 0 Å². The fourth-order valence-corrected chi connectivity index (χ4v) is 6.71. The first kappa shape index (κ1) is 23.7. The van der Waals surface area contributed by atoms with E-state index in [0.29, 0.717) is 13.1 Å². The first-order chi connectivity index (χ1) is 15.6. The van der Waals surface area contributed by atoms with Crippen LogP contribution in [0.5, 0.6) is 0 Å². The van der Waals surface area contributed by atoms with Crippen LogP contribution in [-0.4, -0.2) is 45.3 Å². The van der Waals surface area contributed by atoms with Gasteiger partial charge in [0.2, 0.25) is 20.0 Å². The third-order valence-electron chi connectivity index (χ3n) is 6.16. The van der Waals surface area contributed by atoms with Crippen LogP contribution >= 0.6 is 0 Å². The van der Waals surface area contributed by atoms with Crippen molar-refractivity contribution in [2.24, 2.45) is 0 Å². The molecule has 0 fully saturated rings. The average Bonchev–Trinajstić information content (AvgIpc) is 3.02. The lowest BCUT2D eigenvalue weighted by molar-refractivity contribution is 0.391.